The van der Waals surface area contributed by atoms with Crippen LogP contribution in [0, 0.1) is 5.41 Å². The van der Waals surface area contributed by atoms with Crippen molar-refractivity contribution in [3.05, 3.63) is 16.6 Å². The molecular formula is C12H17N3O2S. The number of rotatable bonds is 3. The zero-order valence-electron chi connectivity index (χ0n) is 10.2. The number of amides is 1. The van der Waals surface area contributed by atoms with Gasteiger partial charge >= 0.3 is 0 Å². The summed E-state index contributed by atoms with van der Waals surface area (Å²) in [6, 6.07) is 0. The summed E-state index contributed by atoms with van der Waals surface area (Å²) in [5.74, 6) is 0.0636. The molecule has 2 aliphatic rings. The molecule has 0 unspecified atom stereocenters. The Labute approximate surface area is 110 Å². The molecule has 1 aromatic heterocycles. The molecular weight excluding hydrogens is 250 g/mol. The van der Waals surface area contributed by atoms with Crippen LogP contribution < -0.4 is 0 Å². The fourth-order valence-corrected chi connectivity index (χ4v) is 3.57. The summed E-state index contributed by atoms with van der Waals surface area (Å²) in [5.41, 5.74) is 2.55. The number of thiazole rings is 1. The van der Waals surface area contributed by atoms with Gasteiger partial charge in [0, 0.05) is 43.5 Å². The summed E-state index contributed by atoms with van der Waals surface area (Å²) in [5, 5.41) is 10.7. The first-order chi connectivity index (χ1) is 8.72. The fourth-order valence-electron chi connectivity index (χ4n) is 3.05. The highest BCUT2D eigenvalue weighted by Gasteiger charge is 2.48. The molecule has 6 heteroatoms. The Kier molecular flexibility index (Phi) is 3.09. The molecule has 0 aliphatic carbocycles. The number of carbonyl (C=O) groups is 1. The van der Waals surface area contributed by atoms with Gasteiger partial charge in [-0.2, -0.15) is 0 Å². The lowest BCUT2D eigenvalue weighted by Gasteiger charge is -2.47. The lowest BCUT2D eigenvalue weighted by Crippen LogP contribution is -2.58. The standard InChI is InChI=1S/C12H17N3O2S/c16-4-3-14-6-12(7-14)1-2-15(8-12)11(17)10-5-18-9-13-10/h5,9,16H,1-4,6-8H2. The number of carbonyl (C=O) groups excluding carboxylic acids is 1. The van der Waals surface area contributed by atoms with Gasteiger partial charge < -0.3 is 10.0 Å². The first kappa shape index (κ1) is 12.1. The van der Waals surface area contributed by atoms with Crippen LogP contribution in [0.15, 0.2) is 10.9 Å². The second-order valence-electron chi connectivity index (χ2n) is 5.28. The Bertz CT molecular complexity index is 429. The Hall–Kier alpha value is -0.980. The second kappa shape index (κ2) is 4.60. The first-order valence-electron chi connectivity index (χ1n) is 6.23. The number of hydrogen-bond acceptors (Lipinski definition) is 5. The molecule has 2 aliphatic heterocycles. The minimum absolute atomic E-state index is 0.0636. The summed E-state index contributed by atoms with van der Waals surface area (Å²) in [7, 11) is 0. The molecule has 2 saturated heterocycles. The highest BCUT2D eigenvalue weighted by molar-refractivity contribution is 7.07. The van der Waals surface area contributed by atoms with E-state index in [4.69, 9.17) is 5.11 Å². The van der Waals surface area contributed by atoms with Gasteiger partial charge in [0.25, 0.3) is 5.91 Å². The molecule has 5 nitrogen and oxygen atoms in total. The molecule has 0 aromatic carbocycles. The van der Waals surface area contributed by atoms with Crippen molar-refractivity contribution < 1.29 is 9.90 Å². The number of aliphatic hydroxyl groups excluding tert-OH is 1. The van der Waals surface area contributed by atoms with E-state index in [0.717, 1.165) is 39.1 Å². The van der Waals surface area contributed by atoms with E-state index in [2.05, 4.69) is 9.88 Å². The van der Waals surface area contributed by atoms with Gasteiger partial charge in [-0.25, -0.2) is 4.98 Å². The van der Waals surface area contributed by atoms with Crippen LogP contribution in [0.3, 0.4) is 0 Å². The minimum atomic E-state index is 0.0636. The van der Waals surface area contributed by atoms with Crippen LogP contribution >= 0.6 is 11.3 Å². The Morgan fingerprint density at radius 3 is 3.00 bits per heavy atom. The molecule has 1 N–H and O–H groups in total. The third-order valence-electron chi connectivity index (χ3n) is 3.91. The monoisotopic (exact) mass is 267 g/mol. The third-order valence-corrected chi connectivity index (χ3v) is 4.50. The summed E-state index contributed by atoms with van der Waals surface area (Å²) in [6.07, 6.45) is 1.07. The summed E-state index contributed by atoms with van der Waals surface area (Å²) < 4.78 is 0. The Morgan fingerprint density at radius 1 is 1.50 bits per heavy atom. The molecule has 1 amide bonds. The number of β-amino-alcohol motifs (C(OH)–C–C–N with tert-alkyl or cyclic N) is 1. The van der Waals surface area contributed by atoms with Crippen molar-refractivity contribution in [1.82, 2.24) is 14.8 Å². The number of likely N-dealkylation sites (tertiary alicyclic amines) is 2. The summed E-state index contributed by atoms with van der Waals surface area (Å²) in [4.78, 5) is 20.4. The normalized spacial score (nSPS) is 22.4. The van der Waals surface area contributed by atoms with Crippen molar-refractivity contribution >= 4 is 17.2 Å². The molecule has 1 spiro atoms. The number of aliphatic hydroxyl groups is 1. The van der Waals surface area contributed by atoms with Gasteiger partial charge in [0.1, 0.15) is 5.69 Å². The zero-order chi connectivity index (χ0) is 12.6. The average molecular weight is 267 g/mol. The maximum atomic E-state index is 12.2. The first-order valence-corrected chi connectivity index (χ1v) is 7.17. The maximum Gasteiger partial charge on any atom is 0.273 e. The van der Waals surface area contributed by atoms with Crippen LogP contribution in [0.1, 0.15) is 16.9 Å². The summed E-state index contributed by atoms with van der Waals surface area (Å²) in [6.45, 7) is 4.66. The van der Waals surface area contributed by atoms with Crippen molar-refractivity contribution in [3.8, 4) is 0 Å². The van der Waals surface area contributed by atoms with Crippen molar-refractivity contribution in [2.24, 2.45) is 5.41 Å². The van der Waals surface area contributed by atoms with E-state index in [9.17, 15) is 4.79 Å². The van der Waals surface area contributed by atoms with Gasteiger partial charge in [-0.1, -0.05) is 0 Å². The lowest BCUT2D eigenvalue weighted by atomic mass is 9.79. The molecule has 3 heterocycles. The zero-order valence-corrected chi connectivity index (χ0v) is 11.0. The van der Waals surface area contributed by atoms with Gasteiger partial charge in [0.15, 0.2) is 0 Å². The van der Waals surface area contributed by atoms with Crippen LogP contribution in [-0.4, -0.2) is 65.1 Å². The van der Waals surface area contributed by atoms with E-state index in [-0.39, 0.29) is 17.9 Å². The molecule has 0 atom stereocenters. The van der Waals surface area contributed by atoms with E-state index in [1.54, 1.807) is 5.51 Å². The molecule has 2 fully saturated rings. The van der Waals surface area contributed by atoms with Gasteiger partial charge in [-0.3, -0.25) is 9.69 Å². The van der Waals surface area contributed by atoms with Crippen LogP contribution in [0.4, 0.5) is 0 Å². The van der Waals surface area contributed by atoms with Gasteiger partial charge in [-0.05, 0) is 6.42 Å². The highest BCUT2D eigenvalue weighted by Crippen LogP contribution is 2.39. The number of nitrogens with zero attached hydrogens (tertiary/aromatic N) is 3. The second-order valence-corrected chi connectivity index (χ2v) is 6.00. The molecule has 18 heavy (non-hydrogen) atoms. The van der Waals surface area contributed by atoms with Crippen molar-refractivity contribution in [1.29, 1.82) is 0 Å². The SMILES string of the molecule is O=C(c1cscn1)N1CCC2(CN(CCO)C2)C1. The van der Waals surface area contributed by atoms with Gasteiger partial charge in [0.05, 0.1) is 12.1 Å². The van der Waals surface area contributed by atoms with Crippen LogP contribution in [0.2, 0.25) is 0 Å². The third kappa shape index (κ3) is 2.04. The largest absolute Gasteiger partial charge is 0.395 e. The minimum Gasteiger partial charge on any atom is -0.395 e. The van der Waals surface area contributed by atoms with Gasteiger partial charge in [0.2, 0.25) is 0 Å². The molecule has 98 valence electrons. The van der Waals surface area contributed by atoms with Crippen molar-refractivity contribution in [2.75, 3.05) is 39.3 Å². The van der Waals surface area contributed by atoms with Crippen LogP contribution in [-0.2, 0) is 0 Å². The van der Waals surface area contributed by atoms with E-state index in [1.165, 1.54) is 11.3 Å². The highest BCUT2D eigenvalue weighted by atomic mass is 32.1. The molecule has 0 radical (unpaired) electrons. The maximum absolute atomic E-state index is 12.2. The molecule has 0 saturated carbocycles. The average Bonchev–Trinajstić information content (AvgIpc) is 2.97. The summed E-state index contributed by atoms with van der Waals surface area (Å²) >= 11 is 1.46. The van der Waals surface area contributed by atoms with Crippen LogP contribution in [0.5, 0.6) is 0 Å². The molecule has 0 bridgehead atoms. The van der Waals surface area contributed by atoms with Crippen LogP contribution in [0.25, 0.3) is 0 Å². The van der Waals surface area contributed by atoms with E-state index >= 15 is 0 Å². The van der Waals surface area contributed by atoms with Gasteiger partial charge in [-0.15, -0.1) is 11.3 Å². The Balaban J connectivity index is 1.58. The fraction of sp³-hybridized carbons (Fsp3) is 0.667. The smallest absolute Gasteiger partial charge is 0.273 e. The molecule has 1 aromatic rings. The predicted octanol–water partition coefficient (Wildman–Crippen LogP) is 0.283. The predicted molar refractivity (Wildman–Crippen MR) is 68.6 cm³/mol. The van der Waals surface area contributed by atoms with Crippen molar-refractivity contribution in [3.63, 3.8) is 0 Å². The Morgan fingerprint density at radius 2 is 2.33 bits per heavy atom. The van der Waals surface area contributed by atoms with Crippen molar-refractivity contribution in [2.45, 2.75) is 6.42 Å². The lowest BCUT2D eigenvalue weighted by molar-refractivity contribution is -0.00109. The topological polar surface area (TPSA) is 56.7 Å². The van der Waals surface area contributed by atoms with E-state index in [1.807, 2.05) is 10.3 Å². The quantitative estimate of drug-likeness (QED) is 0.855. The number of hydrogen-bond donors (Lipinski definition) is 1. The van der Waals surface area contributed by atoms with E-state index in [0.29, 0.717) is 5.69 Å². The number of aromatic nitrogens is 1. The molecule has 3 rings (SSSR count). The van der Waals surface area contributed by atoms with E-state index < -0.39 is 0 Å².